The van der Waals surface area contributed by atoms with E-state index >= 15 is 0 Å². The third-order valence-corrected chi connectivity index (χ3v) is 6.12. The number of ether oxygens (including phenoxy) is 1. The number of benzene rings is 2. The first-order valence-electron chi connectivity index (χ1n) is 8.16. The molecule has 1 N–H and O–H groups in total. The van der Waals surface area contributed by atoms with Crippen LogP contribution in [0.4, 0.5) is 5.69 Å². The van der Waals surface area contributed by atoms with Gasteiger partial charge in [-0.3, -0.25) is 0 Å². The molecule has 1 heterocycles. The van der Waals surface area contributed by atoms with Crippen LogP contribution in [0.25, 0.3) is 0 Å². The lowest BCUT2D eigenvalue weighted by atomic mass is 10.2. The summed E-state index contributed by atoms with van der Waals surface area (Å²) < 4.78 is 32.9. The summed E-state index contributed by atoms with van der Waals surface area (Å²) in [5.41, 5.74) is 1.12. The molecule has 2 aromatic carbocycles. The van der Waals surface area contributed by atoms with E-state index in [0.717, 1.165) is 25.1 Å². The molecule has 0 aliphatic carbocycles. The zero-order valence-electron chi connectivity index (χ0n) is 14.0. The van der Waals surface area contributed by atoms with Crippen molar-refractivity contribution in [3.8, 4) is 5.75 Å². The SMILES string of the molecule is COc1ccc(S(=O)(=O)NC[C@@H]2CCCN2c2ccccc2)cc1Cl. The molecule has 1 saturated heterocycles. The number of rotatable bonds is 6. The molecule has 0 amide bonds. The quantitative estimate of drug-likeness (QED) is 0.835. The number of anilines is 1. The molecule has 7 heteroatoms. The average Bonchev–Trinajstić information content (AvgIpc) is 3.09. The van der Waals surface area contributed by atoms with Gasteiger partial charge < -0.3 is 9.64 Å². The fourth-order valence-corrected chi connectivity index (χ4v) is 4.53. The van der Waals surface area contributed by atoms with Crippen molar-refractivity contribution in [3.63, 3.8) is 0 Å². The Balaban J connectivity index is 1.70. The fourth-order valence-electron chi connectivity index (χ4n) is 3.11. The van der Waals surface area contributed by atoms with Crippen LogP contribution in [-0.4, -0.2) is 34.7 Å². The second-order valence-corrected chi connectivity index (χ2v) is 8.15. The monoisotopic (exact) mass is 380 g/mol. The summed E-state index contributed by atoms with van der Waals surface area (Å²) in [5.74, 6) is 0.451. The van der Waals surface area contributed by atoms with Gasteiger partial charge in [-0.25, -0.2) is 13.1 Å². The van der Waals surface area contributed by atoms with Crippen molar-refractivity contribution < 1.29 is 13.2 Å². The molecule has 1 aliphatic heterocycles. The van der Waals surface area contributed by atoms with Crippen molar-refractivity contribution in [1.29, 1.82) is 0 Å². The second kappa shape index (κ2) is 7.64. The van der Waals surface area contributed by atoms with Gasteiger partial charge in [0.25, 0.3) is 0 Å². The van der Waals surface area contributed by atoms with Gasteiger partial charge in [-0.2, -0.15) is 0 Å². The molecule has 1 aliphatic rings. The maximum absolute atomic E-state index is 12.6. The molecule has 0 unspecified atom stereocenters. The van der Waals surface area contributed by atoms with Gasteiger partial charge in [0.1, 0.15) is 5.75 Å². The maximum atomic E-state index is 12.6. The summed E-state index contributed by atoms with van der Waals surface area (Å²) >= 11 is 6.04. The number of para-hydroxylation sites is 1. The first-order chi connectivity index (χ1) is 12.0. The minimum Gasteiger partial charge on any atom is -0.495 e. The van der Waals surface area contributed by atoms with E-state index in [1.807, 2.05) is 18.2 Å². The van der Waals surface area contributed by atoms with E-state index in [9.17, 15) is 8.42 Å². The highest BCUT2D eigenvalue weighted by atomic mass is 35.5. The van der Waals surface area contributed by atoms with Crippen LogP contribution in [0.2, 0.25) is 5.02 Å². The third-order valence-electron chi connectivity index (χ3n) is 4.41. The standard InChI is InChI=1S/C18H21ClN2O3S/c1-24-18-10-9-16(12-17(18)19)25(22,23)20-13-15-8-5-11-21(15)14-6-3-2-4-7-14/h2-4,6-7,9-10,12,15,20H,5,8,11,13H2,1H3/t15-/m0/s1. The number of hydrogen-bond donors (Lipinski definition) is 1. The first kappa shape index (κ1) is 18.0. The average molecular weight is 381 g/mol. The summed E-state index contributed by atoms with van der Waals surface area (Å²) in [6, 6.07) is 14.7. The number of halogens is 1. The highest BCUT2D eigenvalue weighted by Gasteiger charge is 2.26. The molecule has 2 aromatic rings. The molecule has 1 atom stereocenters. The van der Waals surface area contributed by atoms with Crippen LogP contribution >= 0.6 is 11.6 Å². The molecule has 0 bridgehead atoms. The van der Waals surface area contributed by atoms with Gasteiger partial charge in [-0.1, -0.05) is 29.8 Å². The van der Waals surface area contributed by atoms with Gasteiger partial charge >= 0.3 is 0 Å². The zero-order valence-corrected chi connectivity index (χ0v) is 15.6. The highest BCUT2D eigenvalue weighted by Crippen LogP contribution is 2.28. The molecular formula is C18H21ClN2O3S. The van der Waals surface area contributed by atoms with Crippen LogP contribution < -0.4 is 14.4 Å². The van der Waals surface area contributed by atoms with Crippen molar-refractivity contribution in [3.05, 3.63) is 53.6 Å². The molecule has 0 radical (unpaired) electrons. The Bertz CT molecular complexity index is 827. The van der Waals surface area contributed by atoms with E-state index in [-0.39, 0.29) is 16.0 Å². The van der Waals surface area contributed by atoms with Crippen LogP contribution in [0.3, 0.4) is 0 Å². The summed E-state index contributed by atoms with van der Waals surface area (Å²) in [6.45, 7) is 1.30. The number of hydrogen-bond acceptors (Lipinski definition) is 4. The molecule has 5 nitrogen and oxygen atoms in total. The van der Waals surface area contributed by atoms with Crippen LogP contribution in [-0.2, 0) is 10.0 Å². The van der Waals surface area contributed by atoms with Gasteiger partial charge in [0, 0.05) is 24.8 Å². The van der Waals surface area contributed by atoms with Crippen molar-refractivity contribution in [1.82, 2.24) is 4.72 Å². The Morgan fingerprint density at radius 2 is 2.00 bits per heavy atom. The van der Waals surface area contributed by atoms with Crippen molar-refractivity contribution in [2.24, 2.45) is 0 Å². The lowest BCUT2D eigenvalue weighted by molar-refractivity contribution is 0.414. The van der Waals surface area contributed by atoms with E-state index in [2.05, 4.69) is 21.8 Å². The lowest BCUT2D eigenvalue weighted by Gasteiger charge is -2.27. The Morgan fingerprint density at radius 1 is 1.24 bits per heavy atom. The zero-order chi connectivity index (χ0) is 17.9. The minimum atomic E-state index is -3.62. The number of sulfonamides is 1. The van der Waals surface area contributed by atoms with E-state index in [0.29, 0.717) is 12.3 Å². The number of methoxy groups -OCH3 is 1. The molecule has 0 spiro atoms. The Morgan fingerprint density at radius 3 is 2.68 bits per heavy atom. The summed E-state index contributed by atoms with van der Waals surface area (Å²) in [5, 5.41) is 0.275. The predicted molar refractivity (Wildman–Crippen MR) is 100 cm³/mol. The maximum Gasteiger partial charge on any atom is 0.240 e. The molecule has 1 fully saturated rings. The molecule has 134 valence electrons. The number of nitrogens with zero attached hydrogens (tertiary/aromatic N) is 1. The topological polar surface area (TPSA) is 58.6 Å². The summed E-state index contributed by atoms with van der Waals surface area (Å²) in [6.07, 6.45) is 2.01. The lowest BCUT2D eigenvalue weighted by Crippen LogP contribution is -2.40. The normalized spacial score (nSPS) is 17.7. The summed E-state index contributed by atoms with van der Waals surface area (Å²) in [4.78, 5) is 2.39. The second-order valence-electron chi connectivity index (χ2n) is 5.97. The third kappa shape index (κ3) is 4.08. The van der Waals surface area contributed by atoms with Crippen LogP contribution in [0, 0.1) is 0 Å². The Labute approximate surface area is 153 Å². The van der Waals surface area contributed by atoms with E-state index in [1.165, 1.54) is 19.2 Å². The largest absolute Gasteiger partial charge is 0.495 e. The summed E-state index contributed by atoms with van der Waals surface area (Å²) in [7, 11) is -2.13. The molecule has 0 aromatic heterocycles. The fraction of sp³-hybridized carbons (Fsp3) is 0.333. The molecule has 25 heavy (non-hydrogen) atoms. The predicted octanol–water partition coefficient (Wildman–Crippen LogP) is 3.30. The Hall–Kier alpha value is -1.76. The van der Waals surface area contributed by atoms with Crippen molar-refractivity contribution in [2.75, 3.05) is 25.1 Å². The van der Waals surface area contributed by atoms with Gasteiger partial charge in [0.15, 0.2) is 0 Å². The van der Waals surface area contributed by atoms with Crippen LogP contribution in [0.5, 0.6) is 5.75 Å². The van der Waals surface area contributed by atoms with E-state index < -0.39 is 10.0 Å². The van der Waals surface area contributed by atoms with E-state index in [1.54, 1.807) is 6.07 Å². The first-order valence-corrected chi connectivity index (χ1v) is 10.0. The van der Waals surface area contributed by atoms with Crippen molar-refractivity contribution in [2.45, 2.75) is 23.8 Å². The van der Waals surface area contributed by atoms with Crippen LogP contribution in [0.15, 0.2) is 53.4 Å². The molecule has 3 rings (SSSR count). The molecule has 0 saturated carbocycles. The Kier molecular flexibility index (Phi) is 5.51. The van der Waals surface area contributed by atoms with E-state index in [4.69, 9.17) is 16.3 Å². The van der Waals surface area contributed by atoms with Gasteiger partial charge in [-0.05, 0) is 43.2 Å². The minimum absolute atomic E-state index is 0.141. The van der Waals surface area contributed by atoms with Crippen molar-refractivity contribution >= 4 is 27.3 Å². The molecular weight excluding hydrogens is 360 g/mol. The van der Waals surface area contributed by atoms with Gasteiger partial charge in [-0.15, -0.1) is 0 Å². The number of nitrogens with one attached hydrogen (secondary N) is 1. The van der Waals surface area contributed by atoms with Gasteiger partial charge in [0.05, 0.1) is 17.0 Å². The van der Waals surface area contributed by atoms with Crippen LogP contribution in [0.1, 0.15) is 12.8 Å². The van der Waals surface area contributed by atoms with Gasteiger partial charge in [0.2, 0.25) is 10.0 Å². The highest BCUT2D eigenvalue weighted by molar-refractivity contribution is 7.89. The smallest absolute Gasteiger partial charge is 0.240 e.